The van der Waals surface area contributed by atoms with E-state index in [-0.39, 0.29) is 0 Å². The average Bonchev–Trinajstić information content (AvgIpc) is 3.07. The maximum Gasteiger partial charge on any atom is 0.0731 e. The Labute approximate surface area is 171 Å². The van der Waals surface area contributed by atoms with Crippen molar-refractivity contribution < 1.29 is 0 Å². The first-order valence-corrected chi connectivity index (χ1v) is 10.5. The van der Waals surface area contributed by atoms with Crippen molar-refractivity contribution in [3.63, 3.8) is 0 Å². The summed E-state index contributed by atoms with van der Waals surface area (Å²) in [5.41, 5.74) is 3.57. The number of halogens is 2. The van der Waals surface area contributed by atoms with Gasteiger partial charge in [0.05, 0.1) is 4.21 Å². The zero-order valence-electron chi connectivity index (χ0n) is 13.7. The lowest BCUT2D eigenvalue weighted by molar-refractivity contribution is 1.46. The van der Waals surface area contributed by atoms with Crippen LogP contribution in [0.2, 0.25) is 10.0 Å². The molecule has 0 nitrogen and oxygen atoms in total. The Kier molecular flexibility index (Phi) is 5.37. The summed E-state index contributed by atoms with van der Waals surface area (Å²) in [6, 6.07) is 28.7. The van der Waals surface area contributed by atoms with Crippen LogP contribution < -0.4 is 0 Å². The zero-order chi connectivity index (χ0) is 17.9. The first-order chi connectivity index (χ1) is 12.7. The van der Waals surface area contributed by atoms with Crippen LogP contribution in [0.15, 0.2) is 94.0 Å². The lowest BCUT2D eigenvalue weighted by Gasteiger charge is -2.04. The van der Waals surface area contributed by atoms with Crippen molar-refractivity contribution in [2.24, 2.45) is 0 Å². The number of rotatable bonds is 4. The molecular weight excluding hydrogens is 399 g/mol. The maximum absolute atomic E-state index is 6.07. The molecule has 0 aliphatic carbocycles. The van der Waals surface area contributed by atoms with Crippen molar-refractivity contribution in [1.82, 2.24) is 0 Å². The van der Waals surface area contributed by atoms with Crippen LogP contribution in [0.25, 0.3) is 21.6 Å². The topological polar surface area (TPSA) is 0 Å². The molecule has 0 saturated carbocycles. The van der Waals surface area contributed by atoms with Gasteiger partial charge in [-0.2, -0.15) is 0 Å². The highest BCUT2D eigenvalue weighted by atomic mass is 35.5. The highest BCUT2D eigenvalue weighted by molar-refractivity contribution is 8.01. The third-order valence-corrected chi connectivity index (χ3v) is 6.83. The summed E-state index contributed by atoms with van der Waals surface area (Å²) < 4.78 is 1.27. The van der Waals surface area contributed by atoms with Crippen LogP contribution in [0, 0.1) is 0 Å². The van der Waals surface area contributed by atoms with E-state index in [1.165, 1.54) is 30.7 Å². The molecule has 0 saturated heterocycles. The molecule has 0 amide bonds. The molecule has 128 valence electrons. The van der Waals surface area contributed by atoms with E-state index in [1.54, 1.807) is 23.1 Å². The minimum atomic E-state index is 0.749. The highest BCUT2D eigenvalue weighted by Gasteiger charge is 2.14. The molecule has 0 atom stereocenters. The SMILES string of the molecule is Clc1ccc(-c2cc(-c3ccc(Cl)cc3)c(Sc3ccccc3)s2)cc1. The van der Waals surface area contributed by atoms with Gasteiger partial charge in [0.25, 0.3) is 0 Å². The fraction of sp³-hybridized carbons (Fsp3) is 0. The molecule has 0 fully saturated rings. The second-order valence-electron chi connectivity index (χ2n) is 5.74. The van der Waals surface area contributed by atoms with Crippen molar-refractivity contribution in [2.75, 3.05) is 0 Å². The molecule has 1 heterocycles. The Morgan fingerprint density at radius 3 is 1.85 bits per heavy atom. The Bertz CT molecular complexity index is 1000. The molecule has 0 radical (unpaired) electrons. The van der Waals surface area contributed by atoms with E-state index in [2.05, 4.69) is 54.6 Å². The molecule has 0 aliphatic heterocycles. The summed E-state index contributed by atoms with van der Waals surface area (Å²) in [6.45, 7) is 0. The normalized spacial score (nSPS) is 10.8. The van der Waals surface area contributed by atoms with Crippen LogP contribution >= 0.6 is 46.3 Å². The van der Waals surface area contributed by atoms with Gasteiger partial charge >= 0.3 is 0 Å². The third-order valence-electron chi connectivity index (χ3n) is 3.94. The quantitative estimate of drug-likeness (QED) is 0.323. The van der Waals surface area contributed by atoms with Gasteiger partial charge in [0.1, 0.15) is 0 Å². The van der Waals surface area contributed by atoms with E-state index in [1.807, 2.05) is 30.3 Å². The summed E-state index contributed by atoms with van der Waals surface area (Å²) in [5, 5.41) is 1.50. The van der Waals surface area contributed by atoms with Gasteiger partial charge in [-0.25, -0.2) is 0 Å². The molecule has 0 unspecified atom stereocenters. The summed E-state index contributed by atoms with van der Waals surface area (Å²) in [7, 11) is 0. The van der Waals surface area contributed by atoms with E-state index in [4.69, 9.17) is 23.2 Å². The van der Waals surface area contributed by atoms with Crippen LogP contribution in [-0.4, -0.2) is 0 Å². The summed E-state index contributed by atoms with van der Waals surface area (Å²) in [6.07, 6.45) is 0. The maximum atomic E-state index is 6.07. The van der Waals surface area contributed by atoms with Gasteiger partial charge in [0.15, 0.2) is 0 Å². The Hall–Kier alpha value is -1.71. The molecule has 0 spiro atoms. The molecule has 4 aromatic rings. The van der Waals surface area contributed by atoms with Crippen LogP contribution in [0.5, 0.6) is 0 Å². The smallest absolute Gasteiger partial charge is 0.0731 e. The minimum absolute atomic E-state index is 0.749. The second-order valence-corrected chi connectivity index (χ2v) is 9.01. The first-order valence-electron chi connectivity index (χ1n) is 8.08. The van der Waals surface area contributed by atoms with E-state index >= 15 is 0 Å². The number of hydrogen-bond donors (Lipinski definition) is 0. The molecule has 1 aromatic heterocycles. The predicted octanol–water partition coefficient (Wildman–Crippen LogP) is 8.54. The Morgan fingerprint density at radius 1 is 0.654 bits per heavy atom. The molecule has 3 aromatic carbocycles. The van der Waals surface area contributed by atoms with Gasteiger partial charge in [0.2, 0.25) is 0 Å². The molecule has 26 heavy (non-hydrogen) atoms. The van der Waals surface area contributed by atoms with Gasteiger partial charge in [-0.1, -0.05) is 77.4 Å². The predicted molar refractivity (Wildman–Crippen MR) is 116 cm³/mol. The zero-order valence-corrected chi connectivity index (χ0v) is 16.8. The molecule has 0 N–H and O–H groups in total. The second kappa shape index (κ2) is 7.89. The summed E-state index contributed by atoms with van der Waals surface area (Å²) in [4.78, 5) is 2.46. The van der Waals surface area contributed by atoms with Gasteiger partial charge < -0.3 is 0 Å². The lowest BCUT2D eigenvalue weighted by atomic mass is 10.1. The van der Waals surface area contributed by atoms with E-state index < -0.39 is 0 Å². The highest BCUT2D eigenvalue weighted by Crippen LogP contribution is 2.45. The summed E-state index contributed by atoms with van der Waals surface area (Å²) >= 11 is 15.7. The van der Waals surface area contributed by atoms with E-state index in [0.29, 0.717) is 0 Å². The van der Waals surface area contributed by atoms with Crippen LogP contribution in [0.4, 0.5) is 0 Å². The molecule has 4 heteroatoms. The van der Waals surface area contributed by atoms with Gasteiger partial charge in [-0.15, -0.1) is 11.3 Å². The van der Waals surface area contributed by atoms with Gasteiger partial charge in [0, 0.05) is 25.4 Å². The van der Waals surface area contributed by atoms with Gasteiger partial charge in [-0.05, 0) is 53.6 Å². The van der Waals surface area contributed by atoms with E-state index in [0.717, 1.165) is 10.0 Å². The Morgan fingerprint density at radius 2 is 1.23 bits per heavy atom. The fourth-order valence-electron chi connectivity index (χ4n) is 2.63. The van der Waals surface area contributed by atoms with Crippen LogP contribution in [0.3, 0.4) is 0 Å². The fourth-order valence-corrected chi connectivity index (χ4v) is 5.32. The first kappa shape index (κ1) is 17.7. The minimum Gasteiger partial charge on any atom is -0.128 e. The average molecular weight is 413 g/mol. The van der Waals surface area contributed by atoms with E-state index in [9.17, 15) is 0 Å². The van der Waals surface area contributed by atoms with Crippen LogP contribution in [-0.2, 0) is 0 Å². The largest absolute Gasteiger partial charge is 0.128 e. The van der Waals surface area contributed by atoms with Crippen molar-refractivity contribution >= 4 is 46.3 Å². The summed E-state index contributed by atoms with van der Waals surface area (Å²) in [5.74, 6) is 0. The standard InChI is InChI=1S/C22H14Cl2S2/c23-17-10-6-15(7-11-17)20-14-21(16-8-12-18(24)13-9-16)26-22(20)25-19-4-2-1-3-5-19/h1-14H. The molecule has 0 aliphatic rings. The van der Waals surface area contributed by atoms with Crippen molar-refractivity contribution in [3.8, 4) is 21.6 Å². The lowest BCUT2D eigenvalue weighted by Crippen LogP contribution is -1.77. The Balaban J connectivity index is 1.79. The van der Waals surface area contributed by atoms with Crippen LogP contribution in [0.1, 0.15) is 0 Å². The number of benzene rings is 3. The van der Waals surface area contributed by atoms with Crippen molar-refractivity contribution in [1.29, 1.82) is 0 Å². The van der Waals surface area contributed by atoms with Crippen molar-refractivity contribution in [2.45, 2.75) is 9.10 Å². The molecule has 4 rings (SSSR count). The van der Waals surface area contributed by atoms with Crippen molar-refractivity contribution in [3.05, 3.63) is 95.0 Å². The van der Waals surface area contributed by atoms with Gasteiger partial charge in [-0.3, -0.25) is 0 Å². The number of thiophene rings is 1. The molecular formula is C22H14Cl2S2. The monoisotopic (exact) mass is 412 g/mol. The number of hydrogen-bond acceptors (Lipinski definition) is 2. The third kappa shape index (κ3) is 3.99. The molecule has 0 bridgehead atoms.